The number of hydrogen-bond acceptors (Lipinski definition) is 20. The molecule has 5 aromatic heterocycles. The van der Waals surface area contributed by atoms with Crippen molar-refractivity contribution in [1.29, 1.82) is 0 Å². The lowest BCUT2D eigenvalue weighted by Gasteiger charge is -2.21. The molecule has 5 heterocycles. The summed E-state index contributed by atoms with van der Waals surface area (Å²) in [6, 6.07) is 31.6. The summed E-state index contributed by atoms with van der Waals surface area (Å²) in [7, 11) is 3.20. The van der Waals surface area contributed by atoms with Crippen molar-refractivity contribution in [3.8, 4) is 11.5 Å². The highest BCUT2D eigenvalue weighted by atomic mass is 35.5. The van der Waals surface area contributed by atoms with Crippen molar-refractivity contribution >= 4 is 98.2 Å². The average molecular weight is 1200 g/mol. The molecule has 9 rings (SSSR count). The second-order valence-corrected chi connectivity index (χ2v) is 24.8. The highest BCUT2D eigenvalue weighted by molar-refractivity contribution is 6.32. The number of aromatic nitrogens is 9. The van der Waals surface area contributed by atoms with E-state index in [9.17, 15) is 9.90 Å². The van der Waals surface area contributed by atoms with Gasteiger partial charge in [-0.3, -0.25) is 4.79 Å². The Bertz CT molecular complexity index is 3740. The first kappa shape index (κ1) is 66.5. The third kappa shape index (κ3) is 22.4. The third-order valence-electron chi connectivity index (χ3n) is 11.6. The number of benzene rings is 4. The van der Waals surface area contributed by atoms with Crippen LogP contribution in [0.25, 0.3) is 10.8 Å². The molecule has 0 saturated heterocycles. The van der Waals surface area contributed by atoms with Gasteiger partial charge in [0.25, 0.3) is 5.91 Å². The largest absolute Gasteiger partial charge is 0.508 e. The number of carbonyl (C=O) groups is 1. The van der Waals surface area contributed by atoms with E-state index in [1.807, 2.05) is 96.3 Å². The second-order valence-electron chi connectivity index (χ2n) is 24.4. The molecule has 1 amide bonds. The Kier molecular flexibility index (Phi) is 22.5. The van der Waals surface area contributed by atoms with E-state index in [1.54, 1.807) is 81.4 Å². The lowest BCUT2D eigenvalue weighted by molar-refractivity contribution is 0.0963. The maximum atomic E-state index is 11.7. The number of hydrogen-bond donors (Lipinski definition) is 10. The van der Waals surface area contributed by atoms with Crippen LogP contribution in [0.5, 0.6) is 11.5 Å². The van der Waals surface area contributed by atoms with Crippen LogP contribution in [0.4, 0.5) is 69.9 Å². The number of carbonyl (C=O) groups excluding carboxylic acids is 1. The minimum atomic E-state index is -0.122. The fourth-order valence-electron chi connectivity index (χ4n) is 7.67. The fourth-order valence-corrected chi connectivity index (χ4v) is 7.87. The zero-order valence-electron chi connectivity index (χ0n) is 52.9. The zero-order chi connectivity index (χ0) is 63.7. The lowest BCUT2D eigenvalue weighted by Crippen LogP contribution is -2.27. The topological polar surface area (TPSA) is 271 Å². The van der Waals surface area contributed by atoms with Crippen molar-refractivity contribution < 1.29 is 14.6 Å². The van der Waals surface area contributed by atoms with Crippen molar-refractivity contribution in [1.82, 2.24) is 50.2 Å². The highest BCUT2D eigenvalue weighted by Gasteiger charge is 2.17. The molecule has 10 N–H and O–H groups in total. The Balaban J connectivity index is 0.000000186. The van der Waals surface area contributed by atoms with Crippen molar-refractivity contribution in [3.05, 3.63) is 161 Å². The van der Waals surface area contributed by atoms with Gasteiger partial charge in [-0.05, 0) is 164 Å². The molecule has 0 fully saturated rings. The summed E-state index contributed by atoms with van der Waals surface area (Å²) in [5, 5.41) is 40.8. The van der Waals surface area contributed by atoms with E-state index in [0.717, 1.165) is 62.0 Å². The molecule has 0 saturated carbocycles. The summed E-state index contributed by atoms with van der Waals surface area (Å²) in [5.41, 5.74) is 5.47. The quantitative estimate of drug-likeness (QED) is 0.0485. The van der Waals surface area contributed by atoms with E-state index in [1.165, 1.54) is 0 Å². The van der Waals surface area contributed by atoms with Gasteiger partial charge in [-0.1, -0.05) is 48.0 Å². The number of aryl methyl sites for hydroxylation is 3. The molecule has 21 nitrogen and oxygen atoms in total. The van der Waals surface area contributed by atoms with Crippen LogP contribution in [0.1, 0.15) is 110 Å². The molecule has 0 radical (unpaired) electrons. The molecule has 0 bridgehead atoms. The number of nitrogens with zero attached hydrogens (tertiary/aromatic N) is 9. The Hall–Kier alpha value is -9.63. The number of phenolic OH excluding ortho intramolecular Hbond substituents is 1. The number of fused-ring (bicyclic) bond motifs is 1. The smallest absolute Gasteiger partial charge is 0.251 e. The Morgan fingerprint density at radius 2 is 0.954 bits per heavy atom. The van der Waals surface area contributed by atoms with E-state index in [4.69, 9.17) is 16.3 Å². The molecule has 0 aliphatic heterocycles. The predicted molar refractivity (Wildman–Crippen MR) is 357 cm³/mol. The number of nitrogens with one attached hydrogen (secondary N) is 9. The Labute approximate surface area is 516 Å². The summed E-state index contributed by atoms with van der Waals surface area (Å²) in [4.78, 5) is 51.3. The number of pyridine rings is 1. The first-order valence-electron chi connectivity index (χ1n) is 28.2. The number of methoxy groups -OCH3 is 1. The molecule has 22 heteroatoms. The number of ether oxygens (including phenoxy) is 1. The van der Waals surface area contributed by atoms with Gasteiger partial charge in [0.05, 0.1) is 12.1 Å². The molecular weight excluding hydrogens is 1120 g/mol. The van der Waals surface area contributed by atoms with Gasteiger partial charge in [-0.25, -0.2) is 24.9 Å². The third-order valence-corrected chi connectivity index (χ3v) is 11.9. The summed E-state index contributed by atoms with van der Waals surface area (Å²) in [6.45, 7) is 30.6. The van der Waals surface area contributed by atoms with Gasteiger partial charge in [-0.15, -0.1) is 0 Å². The molecule has 9 aromatic rings. The minimum Gasteiger partial charge on any atom is -0.508 e. The van der Waals surface area contributed by atoms with Gasteiger partial charge in [0.15, 0.2) is 0 Å². The number of aromatic hydroxyl groups is 1. The number of halogens is 1. The van der Waals surface area contributed by atoms with Crippen molar-refractivity contribution in [3.63, 3.8) is 0 Å². The number of amides is 1. The van der Waals surface area contributed by atoms with E-state index in [-0.39, 0.29) is 33.8 Å². The molecule has 0 atom stereocenters. The van der Waals surface area contributed by atoms with Crippen LogP contribution >= 0.6 is 11.6 Å². The van der Waals surface area contributed by atoms with Crippen LogP contribution in [-0.2, 0) is 0 Å². The second kappa shape index (κ2) is 29.5. The fraction of sp³-hybridized carbons (Fsp3) is 0.323. The summed E-state index contributed by atoms with van der Waals surface area (Å²) in [5.74, 6) is 6.71. The molecular formula is C65H83ClN18O3. The maximum absolute atomic E-state index is 11.7. The van der Waals surface area contributed by atoms with E-state index in [2.05, 4.69) is 167 Å². The first-order chi connectivity index (χ1) is 40.9. The van der Waals surface area contributed by atoms with Crippen molar-refractivity contribution in [2.75, 3.05) is 56.7 Å². The van der Waals surface area contributed by atoms with Crippen LogP contribution < -0.4 is 52.6 Å². The maximum Gasteiger partial charge on any atom is 0.251 e. The molecule has 4 aromatic carbocycles. The van der Waals surface area contributed by atoms with Crippen LogP contribution in [-0.4, -0.2) is 92.2 Å². The van der Waals surface area contributed by atoms with E-state index < -0.39 is 0 Å². The molecule has 0 unspecified atom stereocenters. The number of anilines is 12. The van der Waals surface area contributed by atoms with Crippen molar-refractivity contribution in [2.24, 2.45) is 0 Å². The molecule has 458 valence electrons. The highest BCUT2D eigenvalue weighted by Crippen LogP contribution is 2.31. The van der Waals surface area contributed by atoms with Crippen LogP contribution in [0.2, 0.25) is 5.02 Å². The van der Waals surface area contributed by atoms with Crippen LogP contribution in [0.15, 0.2) is 134 Å². The van der Waals surface area contributed by atoms with E-state index >= 15 is 0 Å². The minimum absolute atomic E-state index is 0.0930. The molecule has 87 heavy (non-hydrogen) atoms. The first-order valence-corrected chi connectivity index (χ1v) is 28.6. The van der Waals surface area contributed by atoms with Crippen molar-refractivity contribution in [2.45, 2.75) is 126 Å². The number of rotatable bonds is 14. The lowest BCUT2D eigenvalue weighted by atomic mass is 10.1. The van der Waals surface area contributed by atoms with Gasteiger partial charge < -0.3 is 57.7 Å². The molecule has 0 aliphatic rings. The Morgan fingerprint density at radius 1 is 0.483 bits per heavy atom. The molecule has 0 aliphatic carbocycles. The van der Waals surface area contributed by atoms with Gasteiger partial charge in [0.1, 0.15) is 40.6 Å². The van der Waals surface area contributed by atoms with Crippen LogP contribution in [0, 0.1) is 20.8 Å². The zero-order valence-corrected chi connectivity index (χ0v) is 53.6. The van der Waals surface area contributed by atoms with Gasteiger partial charge >= 0.3 is 0 Å². The van der Waals surface area contributed by atoms with Crippen LogP contribution in [0.3, 0.4) is 0 Å². The van der Waals surface area contributed by atoms with Gasteiger partial charge in [0.2, 0.25) is 23.8 Å². The summed E-state index contributed by atoms with van der Waals surface area (Å²) in [6.07, 6.45) is 8.86. The monoisotopic (exact) mass is 1200 g/mol. The van der Waals surface area contributed by atoms with Gasteiger partial charge in [0, 0.05) is 117 Å². The van der Waals surface area contributed by atoms with E-state index in [0.29, 0.717) is 51.8 Å². The van der Waals surface area contributed by atoms with Gasteiger partial charge in [-0.2, -0.15) is 19.9 Å². The predicted octanol–water partition coefficient (Wildman–Crippen LogP) is 14.9. The summed E-state index contributed by atoms with van der Waals surface area (Å²) >= 11 is 6.04. The Morgan fingerprint density at radius 3 is 1.46 bits per heavy atom. The molecule has 0 spiro atoms. The SMILES string of the molecule is CC(C)(C)Nc1nccc(Nc2cccc(O)c2)n1.CNC(=O)c1cccc(Nc2nc(NC(C)(C)C)ncc2C)c1.COc1cc(Nc2nc(NC(C)(C)C)ncc2C)ccc1Cl.Cc1cnc(NC(C)(C)C)nc1Nc1nccc2ccccc12. The summed E-state index contributed by atoms with van der Waals surface area (Å²) < 4.78 is 5.23. The average Bonchev–Trinajstić information content (AvgIpc) is 2.00. The normalized spacial score (nSPS) is 11.2. The standard InChI is InChI=1S/C18H21N5.C17H23N5O.C16H21ClN4O.C14H18N4O/c1-12-11-20-17(23-18(2,3)4)22-15(12)21-16-14-8-6-5-7-13(14)9-10-19-16;1-11-10-19-16(22-17(2,3)4)21-14(11)20-13-8-6-7-12(9-13)15(23)18-5;1-10-9-18-15(21-16(2,3)4)20-14(10)19-11-6-7-12(17)13(8-11)22-5;1-14(2,3)18-13-15-8-7-12(17-13)16-10-5-4-6-11(19)9-10/h5-11H,1-4H3,(H2,19,20,21,22,23);6-10H,1-5H3,(H,18,23)(H2,19,20,21,22);6-9H,1-5H3,(H2,18,19,20,21);4-9,19H,1-3H3,(H2,15,16,17,18). The number of phenols is 1.